The maximum atomic E-state index is 13.7. The molecular weight excluding hydrogens is 568 g/mol. The SMILES string of the molecule is CC(=O)N1CCCCc2cc(ccc2O)C[C@@H]([C@H]2CN(Cc3cccc(C(C)C)c3)C(=O)O2)NC(=O)c2cc(Cl)nc1c2. The zero-order chi connectivity index (χ0) is 30.7. The number of pyridine rings is 1. The second-order valence-electron chi connectivity index (χ2n) is 11.6. The fourth-order valence-corrected chi connectivity index (χ4v) is 5.86. The van der Waals surface area contributed by atoms with Crippen molar-refractivity contribution in [1.82, 2.24) is 15.2 Å². The minimum absolute atomic E-state index is 0.0911. The Morgan fingerprint density at radius 1 is 1.14 bits per heavy atom. The van der Waals surface area contributed by atoms with E-state index >= 15 is 0 Å². The number of nitrogens with one attached hydrogen (secondary N) is 1. The number of cyclic esters (lactones) is 1. The number of nitrogens with zero attached hydrogens (tertiary/aromatic N) is 3. The number of carbonyl (C=O) groups excluding carboxylic acids is 3. The first-order valence-electron chi connectivity index (χ1n) is 14.7. The van der Waals surface area contributed by atoms with E-state index in [1.165, 1.54) is 23.5 Å². The number of phenols is 1. The van der Waals surface area contributed by atoms with Crippen molar-refractivity contribution in [1.29, 1.82) is 0 Å². The summed E-state index contributed by atoms with van der Waals surface area (Å²) in [6, 6.07) is 16.0. The molecule has 226 valence electrons. The zero-order valence-corrected chi connectivity index (χ0v) is 25.4. The second-order valence-corrected chi connectivity index (χ2v) is 12.0. The molecule has 10 heteroatoms. The third kappa shape index (κ3) is 7.28. The van der Waals surface area contributed by atoms with Crippen molar-refractivity contribution in [2.24, 2.45) is 0 Å². The third-order valence-electron chi connectivity index (χ3n) is 8.04. The first kappa shape index (κ1) is 30.4. The summed E-state index contributed by atoms with van der Waals surface area (Å²) in [5, 5.41) is 13.7. The van der Waals surface area contributed by atoms with E-state index in [9.17, 15) is 19.5 Å². The summed E-state index contributed by atoms with van der Waals surface area (Å²) in [6.45, 7) is 6.78. The number of hydrogen-bond acceptors (Lipinski definition) is 6. The van der Waals surface area contributed by atoms with E-state index in [-0.39, 0.29) is 22.4 Å². The van der Waals surface area contributed by atoms with Crippen LogP contribution in [0, 0.1) is 0 Å². The number of benzene rings is 2. The van der Waals surface area contributed by atoms with Gasteiger partial charge >= 0.3 is 6.09 Å². The summed E-state index contributed by atoms with van der Waals surface area (Å²) < 4.78 is 5.86. The van der Waals surface area contributed by atoms with Gasteiger partial charge in [-0.2, -0.15) is 0 Å². The molecule has 1 saturated heterocycles. The summed E-state index contributed by atoms with van der Waals surface area (Å²) in [4.78, 5) is 46.7. The highest BCUT2D eigenvalue weighted by Crippen LogP contribution is 2.27. The Hall–Kier alpha value is -4.11. The standard InChI is InChI=1S/C33H37ClN4O5/c1-20(2)24-9-6-7-23(14-24)18-37-19-29(43-33(37)42)27-15-22-10-11-28(40)25(13-22)8-4-5-12-38(21(3)39)31-17-26(32(41)35-27)16-30(34)36-31/h6-7,9-11,13-14,16-17,20,27,29,40H,4-5,8,12,15,18-19H2,1-3H3,(H,35,41)/t27-,29+/m0/s1. The number of aromatic hydroxyl groups is 1. The number of ether oxygens (including phenoxy) is 1. The highest BCUT2D eigenvalue weighted by atomic mass is 35.5. The molecule has 3 aromatic rings. The molecule has 0 unspecified atom stereocenters. The lowest BCUT2D eigenvalue weighted by molar-refractivity contribution is -0.116. The number of phenolic OH excluding ortho intramolecular Hbond substituents is 1. The molecule has 5 rings (SSSR count). The number of hydrogen-bond donors (Lipinski definition) is 2. The summed E-state index contributed by atoms with van der Waals surface area (Å²) in [5.74, 6) is 0.209. The van der Waals surface area contributed by atoms with Crippen LogP contribution in [-0.4, -0.2) is 58.1 Å². The average Bonchev–Trinajstić information content (AvgIpc) is 3.32. The Balaban J connectivity index is 1.45. The number of rotatable bonds is 4. The topological polar surface area (TPSA) is 112 Å². The van der Waals surface area contributed by atoms with Crippen molar-refractivity contribution in [3.63, 3.8) is 0 Å². The predicted octanol–water partition coefficient (Wildman–Crippen LogP) is 5.62. The van der Waals surface area contributed by atoms with Crippen LogP contribution in [0.25, 0.3) is 0 Å². The molecule has 2 atom stereocenters. The molecule has 0 saturated carbocycles. The Labute approximate surface area is 256 Å². The minimum Gasteiger partial charge on any atom is -0.508 e. The van der Waals surface area contributed by atoms with Crippen LogP contribution >= 0.6 is 11.6 Å². The van der Waals surface area contributed by atoms with Gasteiger partial charge in [0.25, 0.3) is 5.91 Å². The second kappa shape index (κ2) is 13.0. The van der Waals surface area contributed by atoms with E-state index in [1.54, 1.807) is 17.0 Å². The Morgan fingerprint density at radius 2 is 1.95 bits per heavy atom. The molecule has 0 radical (unpaired) electrons. The van der Waals surface area contributed by atoms with Crippen molar-refractivity contribution in [2.75, 3.05) is 18.0 Å². The number of aromatic nitrogens is 1. The van der Waals surface area contributed by atoms with Gasteiger partial charge < -0.3 is 20.1 Å². The number of fused-ring (bicyclic) bond motifs is 4. The molecule has 2 aromatic carbocycles. The van der Waals surface area contributed by atoms with Crippen LogP contribution in [0.1, 0.15) is 72.1 Å². The molecule has 1 fully saturated rings. The van der Waals surface area contributed by atoms with Gasteiger partial charge in [-0.15, -0.1) is 0 Å². The molecule has 0 aliphatic carbocycles. The number of aryl methyl sites for hydroxylation is 1. The lowest BCUT2D eigenvalue weighted by Crippen LogP contribution is -2.46. The highest BCUT2D eigenvalue weighted by molar-refractivity contribution is 6.30. The monoisotopic (exact) mass is 604 g/mol. The van der Waals surface area contributed by atoms with E-state index < -0.39 is 24.1 Å². The van der Waals surface area contributed by atoms with E-state index in [0.717, 1.165) is 23.1 Å². The fourth-order valence-electron chi connectivity index (χ4n) is 5.66. The molecular formula is C33H37ClN4O5. The highest BCUT2D eigenvalue weighted by Gasteiger charge is 2.38. The van der Waals surface area contributed by atoms with Crippen molar-refractivity contribution < 1.29 is 24.2 Å². The van der Waals surface area contributed by atoms with Gasteiger partial charge in [0, 0.05) is 25.6 Å². The largest absolute Gasteiger partial charge is 0.508 e. The van der Waals surface area contributed by atoms with Gasteiger partial charge in [-0.05, 0) is 72.1 Å². The summed E-state index contributed by atoms with van der Waals surface area (Å²) in [7, 11) is 0. The van der Waals surface area contributed by atoms with Gasteiger partial charge in [0.15, 0.2) is 0 Å². The molecule has 1 aromatic heterocycles. The van der Waals surface area contributed by atoms with Gasteiger partial charge in [0.2, 0.25) is 5.91 Å². The molecule has 3 heterocycles. The van der Waals surface area contributed by atoms with Gasteiger partial charge in [0.05, 0.1) is 12.6 Å². The predicted molar refractivity (Wildman–Crippen MR) is 164 cm³/mol. The molecule has 9 nitrogen and oxygen atoms in total. The maximum Gasteiger partial charge on any atom is 0.410 e. The van der Waals surface area contributed by atoms with E-state index in [2.05, 4.69) is 36.3 Å². The number of halogens is 1. The normalized spacial score (nSPS) is 19.5. The molecule has 2 aliphatic heterocycles. The molecule has 43 heavy (non-hydrogen) atoms. The maximum absolute atomic E-state index is 13.7. The van der Waals surface area contributed by atoms with Gasteiger partial charge in [-0.3, -0.25) is 14.5 Å². The molecule has 4 bridgehead atoms. The van der Waals surface area contributed by atoms with Crippen LogP contribution in [-0.2, 0) is 28.9 Å². The molecule has 2 N–H and O–H groups in total. The summed E-state index contributed by atoms with van der Waals surface area (Å²) in [6.07, 6.45) is 1.31. The lowest BCUT2D eigenvalue weighted by Gasteiger charge is -2.24. The van der Waals surface area contributed by atoms with Gasteiger partial charge in [-0.25, -0.2) is 9.78 Å². The Bertz CT molecular complexity index is 1530. The van der Waals surface area contributed by atoms with Gasteiger partial charge in [0.1, 0.15) is 22.8 Å². The van der Waals surface area contributed by atoms with Crippen LogP contribution < -0.4 is 10.2 Å². The van der Waals surface area contributed by atoms with Crippen molar-refractivity contribution >= 4 is 35.3 Å². The quantitative estimate of drug-likeness (QED) is 0.374. The lowest BCUT2D eigenvalue weighted by atomic mass is 9.97. The van der Waals surface area contributed by atoms with Gasteiger partial charge in [-0.1, -0.05) is 61.8 Å². The van der Waals surface area contributed by atoms with Crippen molar-refractivity contribution in [3.05, 3.63) is 87.6 Å². The van der Waals surface area contributed by atoms with Crippen molar-refractivity contribution in [2.45, 2.75) is 71.1 Å². The number of amides is 3. The number of carbonyl (C=O) groups is 3. The van der Waals surface area contributed by atoms with E-state index in [1.807, 2.05) is 24.3 Å². The van der Waals surface area contributed by atoms with Crippen LogP contribution in [0.5, 0.6) is 5.75 Å². The van der Waals surface area contributed by atoms with Crippen LogP contribution in [0.4, 0.5) is 10.6 Å². The van der Waals surface area contributed by atoms with Crippen LogP contribution in [0.2, 0.25) is 5.15 Å². The van der Waals surface area contributed by atoms with Crippen LogP contribution in [0.3, 0.4) is 0 Å². The number of anilines is 1. The first-order chi connectivity index (χ1) is 20.6. The van der Waals surface area contributed by atoms with Crippen molar-refractivity contribution in [3.8, 4) is 5.75 Å². The summed E-state index contributed by atoms with van der Waals surface area (Å²) >= 11 is 6.32. The molecule has 2 aliphatic rings. The molecule has 0 spiro atoms. The fraction of sp³-hybridized carbons (Fsp3) is 0.394. The Morgan fingerprint density at radius 3 is 2.72 bits per heavy atom. The van der Waals surface area contributed by atoms with Crippen LogP contribution in [0.15, 0.2) is 54.6 Å². The summed E-state index contributed by atoms with van der Waals surface area (Å²) in [5.41, 5.74) is 4.12. The first-order valence-corrected chi connectivity index (χ1v) is 15.1. The minimum atomic E-state index is -0.622. The zero-order valence-electron chi connectivity index (χ0n) is 24.7. The van der Waals surface area contributed by atoms with E-state index in [4.69, 9.17) is 16.3 Å². The van der Waals surface area contributed by atoms with E-state index in [0.29, 0.717) is 50.6 Å². The smallest absolute Gasteiger partial charge is 0.410 e. The average molecular weight is 605 g/mol. The molecule has 3 amide bonds. The third-order valence-corrected chi connectivity index (χ3v) is 8.24. The Kier molecular flexibility index (Phi) is 9.20.